The van der Waals surface area contributed by atoms with E-state index in [1.54, 1.807) is 0 Å². The van der Waals surface area contributed by atoms with Crippen LogP contribution in [0, 0.1) is 23.7 Å². The molecule has 3 heteroatoms. The standard InChI is InChI=1S/C17H28N2S/c1-12-3-2-8-17(9-12)11-20-16(19-17)18-10-15(13-4-5-13)14-6-7-14/h12-15H,2-11H2,1H3,(H,18,19). The number of amidine groups is 1. The summed E-state index contributed by atoms with van der Waals surface area (Å²) < 4.78 is 0. The van der Waals surface area contributed by atoms with Crippen molar-refractivity contribution < 1.29 is 0 Å². The van der Waals surface area contributed by atoms with E-state index in [0.717, 1.165) is 30.2 Å². The van der Waals surface area contributed by atoms with Gasteiger partial charge in [0.1, 0.15) is 0 Å². The summed E-state index contributed by atoms with van der Waals surface area (Å²) in [6.07, 6.45) is 11.5. The number of nitrogens with zero attached hydrogens (tertiary/aromatic N) is 1. The van der Waals surface area contributed by atoms with Crippen LogP contribution >= 0.6 is 11.8 Å². The molecular weight excluding hydrogens is 264 g/mol. The van der Waals surface area contributed by atoms with Gasteiger partial charge < -0.3 is 5.32 Å². The maximum atomic E-state index is 4.99. The van der Waals surface area contributed by atoms with Crippen molar-refractivity contribution in [1.29, 1.82) is 0 Å². The molecule has 1 heterocycles. The minimum Gasteiger partial charge on any atom is -0.359 e. The Morgan fingerprint density at radius 3 is 2.65 bits per heavy atom. The fourth-order valence-corrected chi connectivity index (χ4v) is 5.62. The quantitative estimate of drug-likeness (QED) is 0.845. The van der Waals surface area contributed by atoms with E-state index in [9.17, 15) is 0 Å². The number of hydrogen-bond acceptors (Lipinski definition) is 2. The Morgan fingerprint density at radius 2 is 2.00 bits per heavy atom. The molecule has 0 amide bonds. The van der Waals surface area contributed by atoms with E-state index in [0.29, 0.717) is 5.54 Å². The van der Waals surface area contributed by atoms with Crippen LogP contribution in [0.15, 0.2) is 4.99 Å². The molecule has 20 heavy (non-hydrogen) atoms. The van der Waals surface area contributed by atoms with E-state index in [4.69, 9.17) is 4.99 Å². The van der Waals surface area contributed by atoms with Crippen LogP contribution in [-0.2, 0) is 0 Å². The predicted molar refractivity (Wildman–Crippen MR) is 87.2 cm³/mol. The topological polar surface area (TPSA) is 24.4 Å². The molecule has 4 aliphatic rings. The molecule has 3 aliphatic carbocycles. The summed E-state index contributed by atoms with van der Waals surface area (Å²) >= 11 is 1.99. The van der Waals surface area contributed by atoms with Gasteiger partial charge in [-0.2, -0.15) is 0 Å². The van der Waals surface area contributed by atoms with Crippen LogP contribution in [0.25, 0.3) is 0 Å². The summed E-state index contributed by atoms with van der Waals surface area (Å²) in [5.74, 6) is 5.13. The second-order valence-electron chi connectivity index (χ2n) is 7.88. The summed E-state index contributed by atoms with van der Waals surface area (Å²) in [6, 6.07) is 0. The van der Waals surface area contributed by atoms with Crippen molar-refractivity contribution in [3.8, 4) is 0 Å². The summed E-state index contributed by atoms with van der Waals surface area (Å²) in [7, 11) is 0. The molecule has 1 saturated heterocycles. The average molecular weight is 292 g/mol. The van der Waals surface area contributed by atoms with Gasteiger partial charge in [0.2, 0.25) is 0 Å². The first-order chi connectivity index (χ1) is 9.74. The Kier molecular flexibility index (Phi) is 3.52. The molecule has 4 rings (SSSR count). The number of hydrogen-bond donors (Lipinski definition) is 1. The normalized spacial score (nSPS) is 39.7. The maximum absolute atomic E-state index is 4.99. The lowest BCUT2D eigenvalue weighted by Gasteiger charge is -2.36. The SMILES string of the molecule is CC1CCCC2(CSC(=NCC(C3CC3)C3CC3)N2)C1. The van der Waals surface area contributed by atoms with Gasteiger partial charge in [-0.3, -0.25) is 4.99 Å². The van der Waals surface area contributed by atoms with Crippen LogP contribution in [0.1, 0.15) is 58.3 Å². The molecule has 1 spiro atoms. The molecule has 112 valence electrons. The van der Waals surface area contributed by atoms with Crippen molar-refractivity contribution in [3.05, 3.63) is 0 Å². The van der Waals surface area contributed by atoms with Gasteiger partial charge in [0.25, 0.3) is 0 Å². The molecule has 2 unspecified atom stereocenters. The fourth-order valence-electron chi connectivity index (χ4n) is 4.42. The number of aliphatic imine (C=N–C) groups is 1. The third-order valence-corrected chi connectivity index (χ3v) is 7.05. The highest BCUT2D eigenvalue weighted by Gasteiger charge is 2.42. The summed E-state index contributed by atoms with van der Waals surface area (Å²) in [5, 5.41) is 5.09. The van der Waals surface area contributed by atoms with Gasteiger partial charge in [-0.25, -0.2) is 0 Å². The highest BCUT2D eigenvalue weighted by Crippen LogP contribution is 2.49. The molecule has 1 aliphatic heterocycles. The molecule has 0 aromatic carbocycles. The molecule has 0 aromatic heterocycles. The van der Waals surface area contributed by atoms with Crippen molar-refractivity contribution in [3.63, 3.8) is 0 Å². The third kappa shape index (κ3) is 2.88. The minimum atomic E-state index is 0.399. The minimum absolute atomic E-state index is 0.399. The molecular formula is C17H28N2S. The zero-order valence-electron chi connectivity index (χ0n) is 12.7. The van der Waals surface area contributed by atoms with Crippen molar-refractivity contribution in [2.45, 2.75) is 63.8 Å². The Labute approximate surface area is 127 Å². The maximum Gasteiger partial charge on any atom is 0.157 e. The highest BCUT2D eigenvalue weighted by molar-refractivity contribution is 8.14. The lowest BCUT2D eigenvalue weighted by Crippen LogP contribution is -2.47. The molecule has 2 atom stereocenters. The average Bonchev–Trinajstić information content (AvgIpc) is 3.31. The van der Waals surface area contributed by atoms with Gasteiger partial charge in [0.05, 0.1) is 0 Å². The van der Waals surface area contributed by atoms with Crippen LogP contribution < -0.4 is 5.32 Å². The largest absolute Gasteiger partial charge is 0.359 e. The second-order valence-corrected chi connectivity index (χ2v) is 8.84. The predicted octanol–water partition coefficient (Wildman–Crippen LogP) is 4.06. The van der Waals surface area contributed by atoms with Crippen molar-refractivity contribution in [2.75, 3.05) is 12.3 Å². The highest BCUT2D eigenvalue weighted by atomic mass is 32.2. The van der Waals surface area contributed by atoms with E-state index >= 15 is 0 Å². The number of rotatable bonds is 4. The van der Waals surface area contributed by atoms with Crippen molar-refractivity contribution >= 4 is 16.9 Å². The molecule has 2 nitrogen and oxygen atoms in total. The van der Waals surface area contributed by atoms with Gasteiger partial charge in [0.15, 0.2) is 5.17 Å². The van der Waals surface area contributed by atoms with Gasteiger partial charge in [-0.1, -0.05) is 31.5 Å². The molecule has 4 fully saturated rings. The summed E-state index contributed by atoms with van der Waals surface area (Å²) in [6.45, 7) is 3.52. The van der Waals surface area contributed by atoms with Gasteiger partial charge >= 0.3 is 0 Å². The summed E-state index contributed by atoms with van der Waals surface area (Å²) in [4.78, 5) is 4.99. The van der Waals surface area contributed by atoms with Gasteiger partial charge in [-0.05, 0) is 62.2 Å². The van der Waals surface area contributed by atoms with Crippen LogP contribution in [0.3, 0.4) is 0 Å². The number of nitrogens with one attached hydrogen (secondary N) is 1. The molecule has 0 aromatic rings. The monoisotopic (exact) mass is 292 g/mol. The van der Waals surface area contributed by atoms with Crippen LogP contribution in [0.4, 0.5) is 0 Å². The van der Waals surface area contributed by atoms with Crippen LogP contribution in [0.5, 0.6) is 0 Å². The molecule has 0 bridgehead atoms. The summed E-state index contributed by atoms with van der Waals surface area (Å²) in [5.41, 5.74) is 0.399. The van der Waals surface area contributed by atoms with Crippen LogP contribution in [-0.4, -0.2) is 23.0 Å². The first kappa shape index (κ1) is 13.5. The Bertz CT molecular complexity index is 388. The van der Waals surface area contributed by atoms with E-state index in [1.165, 1.54) is 62.3 Å². The Hall–Kier alpha value is -0.180. The van der Waals surface area contributed by atoms with Crippen molar-refractivity contribution in [1.82, 2.24) is 5.32 Å². The lowest BCUT2D eigenvalue weighted by molar-refractivity contribution is 0.242. The second kappa shape index (κ2) is 5.23. The van der Waals surface area contributed by atoms with Gasteiger partial charge in [-0.15, -0.1) is 0 Å². The third-order valence-electron chi connectivity index (χ3n) is 5.85. The van der Waals surface area contributed by atoms with E-state index in [2.05, 4.69) is 12.2 Å². The van der Waals surface area contributed by atoms with E-state index in [1.807, 2.05) is 11.8 Å². The van der Waals surface area contributed by atoms with Gasteiger partial charge in [0, 0.05) is 17.8 Å². The fraction of sp³-hybridized carbons (Fsp3) is 0.941. The molecule has 1 N–H and O–H groups in total. The first-order valence-electron chi connectivity index (χ1n) is 8.70. The zero-order valence-corrected chi connectivity index (χ0v) is 13.6. The van der Waals surface area contributed by atoms with Crippen LogP contribution in [0.2, 0.25) is 0 Å². The Morgan fingerprint density at radius 1 is 1.25 bits per heavy atom. The van der Waals surface area contributed by atoms with E-state index < -0.39 is 0 Å². The zero-order chi connectivity index (χ0) is 13.6. The Balaban J connectivity index is 1.36. The smallest absolute Gasteiger partial charge is 0.157 e. The van der Waals surface area contributed by atoms with E-state index in [-0.39, 0.29) is 0 Å². The van der Waals surface area contributed by atoms with Crippen molar-refractivity contribution in [2.24, 2.45) is 28.7 Å². The molecule has 3 saturated carbocycles. The first-order valence-corrected chi connectivity index (χ1v) is 9.68. The number of thioether (sulfide) groups is 1. The lowest BCUT2D eigenvalue weighted by atomic mass is 9.78. The molecule has 0 radical (unpaired) electrons.